The number of halogens is 2. The van der Waals surface area contributed by atoms with Crippen molar-refractivity contribution in [1.82, 2.24) is 9.97 Å². The molecule has 3 heterocycles. The summed E-state index contributed by atoms with van der Waals surface area (Å²) in [5.41, 5.74) is -0.0471. The van der Waals surface area contributed by atoms with E-state index < -0.39 is 51.4 Å². The molecule has 41 heavy (non-hydrogen) atoms. The fourth-order valence-electron chi connectivity index (χ4n) is 6.05. The van der Waals surface area contributed by atoms with Crippen molar-refractivity contribution in [3.63, 3.8) is 0 Å². The van der Waals surface area contributed by atoms with Gasteiger partial charge in [0.1, 0.15) is 6.61 Å². The zero-order valence-corrected chi connectivity index (χ0v) is 23.8. The first-order valence-corrected chi connectivity index (χ1v) is 15.5. The molecule has 2 amide bonds. The zero-order valence-electron chi connectivity index (χ0n) is 23.0. The molecular formula is C28H33F2N5O5S. The van der Waals surface area contributed by atoms with Gasteiger partial charge in [-0.3, -0.25) is 9.69 Å². The van der Waals surface area contributed by atoms with Gasteiger partial charge in [-0.1, -0.05) is 6.07 Å². The van der Waals surface area contributed by atoms with Gasteiger partial charge in [0.25, 0.3) is 5.91 Å². The summed E-state index contributed by atoms with van der Waals surface area (Å²) in [5.74, 6) is -2.99. The number of rotatable bonds is 6. The predicted octanol–water partition coefficient (Wildman–Crippen LogP) is 4.81. The van der Waals surface area contributed by atoms with E-state index in [9.17, 15) is 26.8 Å². The average Bonchev–Trinajstić information content (AvgIpc) is 3.47. The smallest absolute Gasteiger partial charge is 0.416 e. The van der Waals surface area contributed by atoms with Crippen molar-refractivity contribution in [2.45, 2.75) is 80.4 Å². The van der Waals surface area contributed by atoms with Crippen LogP contribution in [0.3, 0.4) is 0 Å². The predicted molar refractivity (Wildman–Crippen MR) is 147 cm³/mol. The summed E-state index contributed by atoms with van der Waals surface area (Å²) in [6, 6.07) is 5.62. The van der Waals surface area contributed by atoms with Crippen molar-refractivity contribution in [2.24, 2.45) is 5.41 Å². The molecule has 1 spiro atoms. The third kappa shape index (κ3) is 5.24. The van der Waals surface area contributed by atoms with E-state index in [1.54, 1.807) is 0 Å². The van der Waals surface area contributed by atoms with Gasteiger partial charge in [0.2, 0.25) is 5.92 Å². The molecule has 2 aliphatic heterocycles. The van der Waals surface area contributed by atoms with Crippen molar-refractivity contribution in [3.05, 3.63) is 36.2 Å². The van der Waals surface area contributed by atoms with E-state index in [4.69, 9.17) is 9.72 Å². The van der Waals surface area contributed by atoms with Crippen LogP contribution in [0.4, 0.5) is 30.9 Å². The number of amides is 2. The summed E-state index contributed by atoms with van der Waals surface area (Å²) < 4.78 is 58.9. The molecule has 0 bridgehead atoms. The summed E-state index contributed by atoms with van der Waals surface area (Å²) in [6.45, 7) is 5.27. The number of ether oxygens (including phenoxy) is 1. The quantitative estimate of drug-likeness (QED) is 0.510. The third-order valence-corrected chi connectivity index (χ3v) is 11.0. The van der Waals surface area contributed by atoms with Crippen molar-refractivity contribution in [3.8, 4) is 0 Å². The molecule has 1 aromatic carbocycles. The molecule has 6 rings (SSSR count). The summed E-state index contributed by atoms with van der Waals surface area (Å²) >= 11 is 0. The number of hydrogen-bond donors (Lipinski definition) is 1. The molecule has 2 saturated heterocycles. The Morgan fingerprint density at radius 1 is 1.12 bits per heavy atom. The summed E-state index contributed by atoms with van der Waals surface area (Å²) in [7, 11) is -4.01. The van der Waals surface area contributed by atoms with Crippen molar-refractivity contribution >= 4 is 39.2 Å². The van der Waals surface area contributed by atoms with E-state index in [0.717, 1.165) is 12.8 Å². The third-order valence-electron chi connectivity index (χ3n) is 8.82. The Morgan fingerprint density at radius 3 is 2.46 bits per heavy atom. The van der Waals surface area contributed by atoms with Crippen molar-refractivity contribution in [1.29, 1.82) is 0 Å². The van der Waals surface area contributed by atoms with Crippen molar-refractivity contribution in [2.75, 3.05) is 34.8 Å². The number of cyclic esters (lactones) is 1. The maximum Gasteiger partial charge on any atom is 0.416 e. The van der Waals surface area contributed by atoms with Gasteiger partial charge in [0.15, 0.2) is 27.2 Å². The lowest BCUT2D eigenvalue weighted by Gasteiger charge is -2.34. The second kappa shape index (κ2) is 9.60. The van der Waals surface area contributed by atoms with Crippen LogP contribution in [-0.2, 0) is 14.6 Å². The number of piperidine rings is 1. The minimum atomic E-state index is -4.01. The second-order valence-corrected chi connectivity index (χ2v) is 14.6. The van der Waals surface area contributed by atoms with Gasteiger partial charge in [-0.15, -0.1) is 0 Å². The maximum atomic E-state index is 13.7. The van der Waals surface area contributed by atoms with Gasteiger partial charge in [0, 0.05) is 31.6 Å². The lowest BCUT2D eigenvalue weighted by molar-refractivity contribution is 0.00954. The van der Waals surface area contributed by atoms with Crippen LogP contribution in [0, 0.1) is 5.41 Å². The average molecular weight is 590 g/mol. The van der Waals surface area contributed by atoms with Crippen LogP contribution < -0.4 is 15.1 Å². The fraction of sp³-hybridized carbons (Fsp3) is 0.571. The molecule has 1 N–H and O–H groups in total. The lowest BCUT2D eigenvalue weighted by atomic mass is 9.93. The Labute approximate surface area is 237 Å². The van der Waals surface area contributed by atoms with Gasteiger partial charge >= 0.3 is 6.09 Å². The molecule has 1 atom stereocenters. The van der Waals surface area contributed by atoms with Gasteiger partial charge in [0.05, 0.1) is 21.9 Å². The maximum absolute atomic E-state index is 13.7. The van der Waals surface area contributed by atoms with Crippen molar-refractivity contribution < 1.29 is 31.5 Å². The van der Waals surface area contributed by atoms with E-state index in [1.165, 1.54) is 48.2 Å². The lowest BCUT2D eigenvalue weighted by Crippen LogP contribution is -2.43. The van der Waals surface area contributed by atoms with Crippen LogP contribution in [0.2, 0.25) is 0 Å². The van der Waals surface area contributed by atoms with E-state index in [2.05, 4.69) is 10.3 Å². The molecule has 13 heteroatoms. The topological polar surface area (TPSA) is 122 Å². The standard InChI is InChI=1S/C28H33F2N5O5S/c1-26(2)17-40-25(37)35(26)21-16-31-22(23(33-21)34-12-10-27(8-9-27)11-13-34)24(36)32-18-4-3-5-19(14-18)41(38,39)20-6-7-28(29,30)15-20/h3-5,14,16,20H,6-13,15,17H2,1-2H3,(H,32,36). The highest BCUT2D eigenvalue weighted by atomic mass is 32.2. The Morgan fingerprint density at radius 2 is 1.85 bits per heavy atom. The molecule has 10 nitrogen and oxygen atoms in total. The number of carbonyl (C=O) groups excluding carboxylic acids is 2. The van der Waals surface area contributed by atoms with E-state index >= 15 is 0 Å². The highest BCUT2D eigenvalue weighted by molar-refractivity contribution is 7.92. The first-order valence-electron chi connectivity index (χ1n) is 13.9. The number of nitrogens with zero attached hydrogens (tertiary/aromatic N) is 4. The molecule has 1 unspecified atom stereocenters. The second-order valence-electron chi connectivity index (χ2n) is 12.3. The summed E-state index contributed by atoms with van der Waals surface area (Å²) in [5, 5.41) is 1.54. The van der Waals surface area contributed by atoms with Gasteiger partial charge in [-0.2, -0.15) is 0 Å². The Kier molecular flexibility index (Phi) is 6.51. The Hall–Kier alpha value is -3.35. The molecule has 4 fully saturated rings. The number of alkyl halides is 2. The first kappa shape index (κ1) is 27.8. The molecule has 4 aliphatic rings. The summed E-state index contributed by atoms with van der Waals surface area (Å²) in [4.78, 5) is 38.6. The molecule has 2 aromatic rings. The summed E-state index contributed by atoms with van der Waals surface area (Å²) in [6.07, 6.45) is 3.87. The van der Waals surface area contributed by atoms with E-state index in [-0.39, 0.29) is 35.1 Å². The minimum Gasteiger partial charge on any atom is -0.447 e. The monoisotopic (exact) mass is 589 g/mol. The molecule has 2 aliphatic carbocycles. The SMILES string of the molecule is CC1(C)COC(=O)N1c1cnc(C(=O)Nc2cccc(S(=O)(=O)C3CCC(F)(F)C3)c2)c(N2CCC3(CC2)CC3)n1. The Bertz CT molecular complexity index is 1500. The van der Waals surface area contributed by atoms with E-state index in [1.807, 2.05) is 18.7 Å². The normalized spacial score (nSPS) is 24.4. The van der Waals surface area contributed by atoms with Gasteiger partial charge < -0.3 is 15.0 Å². The zero-order chi connectivity index (χ0) is 29.2. The highest BCUT2D eigenvalue weighted by Crippen LogP contribution is 2.54. The molecule has 1 aromatic heterocycles. The molecule has 220 valence electrons. The van der Waals surface area contributed by atoms with Crippen LogP contribution >= 0.6 is 0 Å². The molecule has 2 saturated carbocycles. The van der Waals surface area contributed by atoms with Crippen LogP contribution in [0.5, 0.6) is 0 Å². The van der Waals surface area contributed by atoms with Crippen LogP contribution in [-0.4, -0.2) is 66.8 Å². The molecule has 0 radical (unpaired) electrons. The van der Waals surface area contributed by atoms with Crippen LogP contribution in [0.25, 0.3) is 0 Å². The highest BCUT2D eigenvalue weighted by Gasteiger charge is 2.47. The van der Waals surface area contributed by atoms with Crippen LogP contribution in [0.15, 0.2) is 35.4 Å². The number of nitrogens with one attached hydrogen (secondary N) is 1. The minimum absolute atomic E-state index is 0.0366. The number of anilines is 3. The first-order chi connectivity index (χ1) is 19.3. The number of hydrogen-bond acceptors (Lipinski definition) is 8. The molecular weight excluding hydrogens is 556 g/mol. The van der Waals surface area contributed by atoms with Crippen LogP contribution in [0.1, 0.15) is 69.3 Å². The van der Waals surface area contributed by atoms with E-state index in [0.29, 0.717) is 24.3 Å². The Balaban J connectivity index is 1.28. The number of carbonyl (C=O) groups is 2. The number of sulfone groups is 1. The van der Waals surface area contributed by atoms with Gasteiger partial charge in [-0.05, 0) is 69.6 Å². The van der Waals surface area contributed by atoms with Gasteiger partial charge in [-0.25, -0.2) is 32.0 Å². The largest absolute Gasteiger partial charge is 0.447 e. The number of benzene rings is 1. The fourth-order valence-corrected chi connectivity index (χ4v) is 7.89. The number of aromatic nitrogens is 2.